The van der Waals surface area contributed by atoms with Gasteiger partial charge >= 0.3 is 0 Å². The minimum atomic E-state index is 0.0709. The molecule has 2 aliphatic heterocycles. The summed E-state index contributed by atoms with van der Waals surface area (Å²) in [6.45, 7) is 1.23. The number of methoxy groups -OCH3 is 1. The van der Waals surface area contributed by atoms with Gasteiger partial charge in [-0.05, 0) is 24.1 Å². The first-order chi connectivity index (χ1) is 10.4. The van der Waals surface area contributed by atoms with Gasteiger partial charge in [0.1, 0.15) is 5.75 Å². The zero-order chi connectivity index (χ0) is 14.2. The number of hydrogen-bond acceptors (Lipinski definition) is 4. The Morgan fingerprint density at radius 1 is 1.14 bits per heavy atom. The number of hydrogen-bond donors (Lipinski definition) is 1. The van der Waals surface area contributed by atoms with Crippen LogP contribution in [-0.2, 0) is 6.42 Å². The Morgan fingerprint density at radius 2 is 2.05 bits per heavy atom. The van der Waals surface area contributed by atoms with Crippen molar-refractivity contribution in [2.24, 2.45) is 0 Å². The van der Waals surface area contributed by atoms with Crippen molar-refractivity contribution in [2.75, 3.05) is 20.4 Å². The van der Waals surface area contributed by atoms with Gasteiger partial charge in [-0.25, -0.2) is 0 Å². The molecule has 2 heterocycles. The molecule has 108 valence electrons. The number of fused-ring (bicyclic) bond motifs is 2. The molecule has 1 atom stereocenters. The Morgan fingerprint density at radius 3 is 2.95 bits per heavy atom. The molecule has 0 radical (unpaired) electrons. The van der Waals surface area contributed by atoms with Crippen molar-refractivity contribution in [3.8, 4) is 17.2 Å². The van der Waals surface area contributed by atoms with Crippen LogP contribution in [0.15, 0.2) is 36.4 Å². The van der Waals surface area contributed by atoms with E-state index in [-0.39, 0.29) is 12.8 Å². The number of rotatable bonds is 2. The molecule has 0 fully saturated rings. The zero-order valence-electron chi connectivity index (χ0n) is 11.9. The van der Waals surface area contributed by atoms with E-state index < -0.39 is 0 Å². The second-order valence-corrected chi connectivity index (χ2v) is 5.25. The first kappa shape index (κ1) is 12.5. The van der Waals surface area contributed by atoms with E-state index in [2.05, 4.69) is 23.5 Å². The summed E-state index contributed by atoms with van der Waals surface area (Å²) >= 11 is 0. The molecule has 2 aliphatic rings. The maximum absolute atomic E-state index is 5.67. The van der Waals surface area contributed by atoms with Gasteiger partial charge < -0.3 is 19.5 Å². The largest absolute Gasteiger partial charge is 0.496 e. The van der Waals surface area contributed by atoms with Crippen LogP contribution in [0.25, 0.3) is 0 Å². The van der Waals surface area contributed by atoms with Crippen LogP contribution in [0, 0.1) is 0 Å². The van der Waals surface area contributed by atoms with E-state index in [0.29, 0.717) is 0 Å². The number of para-hydroxylation sites is 1. The first-order valence-electron chi connectivity index (χ1n) is 7.16. The van der Waals surface area contributed by atoms with E-state index in [1.807, 2.05) is 18.2 Å². The third-order valence-electron chi connectivity index (χ3n) is 4.15. The summed E-state index contributed by atoms with van der Waals surface area (Å²) in [4.78, 5) is 0. The molecule has 0 bridgehead atoms. The van der Waals surface area contributed by atoms with Gasteiger partial charge in [0.15, 0.2) is 11.5 Å². The highest BCUT2D eigenvalue weighted by atomic mass is 16.7. The molecule has 2 aromatic rings. The Balaban J connectivity index is 1.87. The maximum Gasteiger partial charge on any atom is 0.231 e. The molecule has 0 saturated carbocycles. The van der Waals surface area contributed by atoms with Gasteiger partial charge in [-0.3, -0.25) is 0 Å². The SMILES string of the molecule is COc1cccc2c1C(c1cccc3c1OCO3)NCC2. The van der Waals surface area contributed by atoms with Crippen LogP contribution in [0.2, 0.25) is 0 Å². The Kier molecular flexibility index (Phi) is 2.97. The second kappa shape index (κ2) is 4.97. The van der Waals surface area contributed by atoms with Crippen LogP contribution >= 0.6 is 0 Å². The molecule has 0 spiro atoms. The van der Waals surface area contributed by atoms with Gasteiger partial charge in [-0.15, -0.1) is 0 Å². The van der Waals surface area contributed by atoms with E-state index >= 15 is 0 Å². The summed E-state index contributed by atoms with van der Waals surface area (Å²) in [5.74, 6) is 2.58. The Bertz CT molecular complexity index is 669. The summed E-state index contributed by atoms with van der Waals surface area (Å²) in [6.07, 6.45) is 1.01. The maximum atomic E-state index is 5.67. The molecular weight excluding hydrogens is 266 g/mol. The number of nitrogens with one attached hydrogen (secondary N) is 1. The summed E-state index contributed by atoms with van der Waals surface area (Å²) in [7, 11) is 1.72. The van der Waals surface area contributed by atoms with Crippen LogP contribution in [0.5, 0.6) is 17.2 Å². The van der Waals surface area contributed by atoms with Gasteiger partial charge in [0.05, 0.1) is 13.2 Å². The van der Waals surface area contributed by atoms with Crippen molar-refractivity contribution in [2.45, 2.75) is 12.5 Å². The molecule has 1 N–H and O–H groups in total. The summed E-state index contributed by atoms with van der Waals surface area (Å²) in [5.41, 5.74) is 3.64. The van der Waals surface area contributed by atoms with Crippen molar-refractivity contribution in [1.29, 1.82) is 0 Å². The van der Waals surface area contributed by atoms with Gasteiger partial charge in [-0.1, -0.05) is 24.3 Å². The number of ether oxygens (including phenoxy) is 3. The van der Waals surface area contributed by atoms with Crippen LogP contribution in [0.3, 0.4) is 0 Å². The monoisotopic (exact) mass is 283 g/mol. The van der Waals surface area contributed by atoms with Crippen molar-refractivity contribution in [3.05, 3.63) is 53.1 Å². The van der Waals surface area contributed by atoms with E-state index in [4.69, 9.17) is 14.2 Å². The lowest BCUT2D eigenvalue weighted by Gasteiger charge is -2.29. The van der Waals surface area contributed by atoms with Crippen molar-refractivity contribution < 1.29 is 14.2 Å². The minimum absolute atomic E-state index is 0.0709. The third kappa shape index (κ3) is 1.94. The lowest BCUT2D eigenvalue weighted by molar-refractivity contribution is 0.173. The van der Waals surface area contributed by atoms with Gasteiger partial charge in [0.2, 0.25) is 6.79 Å². The standard InChI is InChI=1S/C17H17NO3/c1-19-13-6-2-4-11-8-9-18-16(15(11)13)12-5-3-7-14-17(12)21-10-20-14/h2-7,16,18H,8-10H2,1H3. The van der Waals surface area contributed by atoms with Crippen LogP contribution in [0.4, 0.5) is 0 Å². The molecule has 0 amide bonds. The lowest BCUT2D eigenvalue weighted by atomic mass is 9.88. The highest BCUT2D eigenvalue weighted by molar-refractivity contribution is 5.56. The van der Waals surface area contributed by atoms with Crippen LogP contribution in [0.1, 0.15) is 22.7 Å². The predicted octanol–water partition coefficient (Wildman–Crippen LogP) is 2.66. The van der Waals surface area contributed by atoms with Gasteiger partial charge in [-0.2, -0.15) is 0 Å². The molecule has 1 unspecified atom stereocenters. The third-order valence-corrected chi connectivity index (χ3v) is 4.15. The summed E-state index contributed by atoms with van der Waals surface area (Å²) in [5, 5.41) is 3.58. The molecule has 0 saturated heterocycles. The van der Waals surface area contributed by atoms with Crippen molar-refractivity contribution in [3.63, 3.8) is 0 Å². The van der Waals surface area contributed by atoms with Gasteiger partial charge in [0.25, 0.3) is 0 Å². The van der Waals surface area contributed by atoms with E-state index in [9.17, 15) is 0 Å². The molecule has 2 aromatic carbocycles. The van der Waals surface area contributed by atoms with Crippen LogP contribution < -0.4 is 19.5 Å². The fourth-order valence-corrected chi connectivity index (χ4v) is 3.21. The summed E-state index contributed by atoms with van der Waals surface area (Å²) < 4.78 is 16.7. The molecule has 4 rings (SSSR count). The average Bonchev–Trinajstić information content (AvgIpc) is 3.02. The zero-order valence-corrected chi connectivity index (χ0v) is 11.9. The average molecular weight is 283 g/mol. The summed E-state index contributed by atoms with van der Waals surface area (Å²) in [6, 6.07) is 12.3. The molecule has 4 heteroatoms. The Hall–Kier alpha value is -2.20. The first-order valence-corrected chi connectivity index (χ1v) is 7.16. The molecular formula is C17H17NO3. The normalized spacial score (nSPS) is 19.2. The lowest BCUT2D eigenvalue weighted by Crippen LogP contribution is -2.31. The molecule has 0 aromatic heterocycles. The fourth-order valence-electron chi connectivity index (χ4n) is 3.21. The molecule has 4 nitrogen and oxygen atoms in total. The van der Waals surface area contributed by atoms with Crippen LogP contribution in [-0.4, -0.2) is 20.4 Å². The fraction of sp³-hybridized carbons (Fsp3) is 0.294. The highest BCUT2D eigenvalue weighted by Gasteiger charge is 2.29. The van der Waals surface area contributed by atoms with E-state index in [1.54, 1.807) is 7.11 Å². The Labute approximate surface area is 123 Å². The highest BCUT2D eigenvalue weighted by Crippen LogP contribution is 2.44. The second-order valence-electron chi connectivity index (χ2n) is 5.25. The van der Waals surface area contributed by atoms with E-state index in [0.717, 1.165) is 35.8 Å². The van der Waals surface area contributed by atoms with Gasteiger partial charge in [0, 0.05) is 17.7 Å². The van der Waals surface area contributed by atoms with Crippen molar-refractivity contribution in [1.82, 2.24) is 5.32 Å². The molecule has 0 aliphatic carbocycles. The smallest absolute Gasteiger partial charge is 0.231 e. The number of benzene rings is 2. The minimum Gasteiger partial charge on any atom is -0.496 e. The topological polar surface area (TPSA) is 39.7 Å². The molecule has 21 heavy (non-hydrogen) atoms. The van der Waals surface area contributed by atoms with E-state index in [1.165, 1.54) is 11.1 Å². The van der Waals surface area contributed by atoms with Crippen molar-refractivity contribution >= 4 is 0 Å². The predicted molar refractivity (Wildman–Crippen MR) is 79.1 cm³/mol. The quantitative estimate of drug-likeness (QED) is 0.920.